The molecule has 0 aliphatic carbocycles. The third-order valence-electron chi connectivity index (χ3n) is 3.72. The van der Waals surface area contributed by atoms with Gasteiger partial charge in [-0.3, -0.25) is 4.90 Å². The van der Waals surface area contributed by atoms with E-state index in [4.69, 9.17) is 4.74 Å². The van der Waals surface area contributed by atoms with Crippen LogP contribution < -0.4 is 0 Å². The summed E-state index contributed by atoms with van der Waals surface area (Å²) in [5.41, 5.74) is 0.467. The summed E-state index contributed by atoms with van der Waals surface area (Å²) >= 11 is 0. The normalized spacial score (nSPS) is 12.4. The molecular formula is C18H35NO2. The van der Waals surface area contributed by atoms with E-state index >= 15 is 0 Å². The molecular weight excluding hydrogens is 262 g/mol. The number of ether oxygens (including phenoxy) is 1. The zero-order valence-corrected chi connectivity index (χ0v) is 14.6. The Morgan fingerprint density at radius 3 is 1.90 bits per heavy atom. The van der Waals surface area contributed by atoms with Gasteiger partial charge in [-0.25, -0.2) is 4.79 Å². The predicted molar refractivity (Wildman–Crippen MR) is 90.2 cm³/mol. The van der Waals surface area contributed by atoms with Crippen LogP contribution in [0.3, 0.4) is 0 Å². The van der Waals surface area contributed by atoms with Gasteiger partial charge in [0.1, 0.15) is 0 Å². The SMILES string of the molecule is C=C(C)C(=O)OC(CCCCCCCCCCC)N(C)C. The summed E-state index contributed by atoms with van der Waals surface area (Å²) in [6.07, 6.45) is 12.6. The molecule has 0 aromatic carbocycles. The Balaban J connectivity index is 3.66. The lowest BCUT2D eigenvalue weighted by molar-refractivity contribution is -0.152. The average Bonchev–Trinajstić information content (AvgIpc) is 2.43. The Morgan fingerprint density at radius 1 is 1.00 bits per heavy atom. The van der Waals surface area contributed by atoms with Gasteiger partial charge in [-0.2, -0.15) is 0 Å². The van der Waals surface area contributed by atoms with Crippen molar-refractivity contribution in [3.63, 3.8) is 0 Å². The largest absolute Gasteiger partial charge is 0.443 e. The molecule has 21 heavy (non-hydrogen) atoms. The van der Waals surface area contributed by atoms with Crippen LogP contribution in [0, 0.1) is 0 Å². The minimum atomic E-state index is -0.287. The Labute approximate surface area is 131 Å². The van der Waals surface area contributed by atoms with Crippen LogP contribution >= 0.6 is 0 Å². The third-order valence-corrected chi connectivity index (χ3v) is 3.72. The first kappa shape index (κ1) is 20.2. The molecule has 3 heteroatoms. The molecule has 124 valence electrons. The zero-order valence-electron chi connectivity index (χ0n) is 14.6. The molecule has 0 heterocycles. The second-order valence-electron chi connectivity index (χ2n) is 6.22. The quantitative estimate of drug-likeness (QED) is 0.209. The molecule has 1 unspecified atom stereocenters. The van der Waals surface area contributed by atoms with Crippen LogP contribution in [0.5, 0.6) is 0 Å². The Bertz CT molecular complexity index is 287. The number of nitrogens with zero attached hydrogens (tertiary/aromatic N) is 1. The number of rotatable bonds is 13. The van der Waals surface area contributed by atoms with E-state index in [1.165, 1.54) is 51.4 Å². The van der Waals surface area contributed by atoms with Crippen LogP contribution in [-0.2, 0) is 9.53 Å². The number of carbonyl (C=O) groups is 1. The number of esters is 1. The highest BCUT2D eigenvalue weighted by atomic mass is 16.6. The maximum atomic E-state index is 11.6. The third kappa shape index (κ3) is 11.5. The van der Waals surface area contributed by atoms with E-state index in [1.54, 1.807) is 6.92 Å². The summed E-state index contributed by atoms with van der Waals surface area (Å²) in [6, 6.07) is 0. The van der Waals surface area contributed by atoms with Crippen molar-refractivity contribution in [2.24, 2.45) is 0 Å². The monoisotopic (exact) mass is 297 g/mol. The second-order valence-corrected chi connectivity index (χ2v) is 6.22. The van der Waals surface area contributed by atoms with Gasteiger partial charge in [-0.1, -0.05) is 64.9 Å². The minimum Gasteiger partial charge on any atom is -0.443 e. The molecule has 0 N–H and O–H groups in total. The smallest absolute Gasteiger partial charge is 0.334 e. The first-order chi connectivity index (χ1) is 9.99. The fraction of sp³-hybridized carbons (Fsp3) is 0.833. The van der Waals surface area contributed by atoms with Gasteiger partial charge in [-0.05, 0) is 33.9 Å². The minimum absolute atomic E-state index is 0.126. The summed E-state index contributed by atoms with van der Waals surface area (Å²) in [5.74, 6) is -0.287. The molecule has 0 aromatic heterocycles. The van der Waals surface area contributed by atoms with Crippen molar-refractivity contribution in [3.05, 3.63) is 12.2 Å². The zero-order chi connectivity index (χ0) is 16.1. The highest BCUT2D eigenvalue weighted by Crippen LogP contribution is 2.14. The Hall–Kier alpha value is -0.830. The van der Waals surface area contributed by atoms with Gasteiger partial charge in [0.25, 0.3) is 0 Å². The van der Waals surface area contributed by atoms with Crippen molar-refractivity contribution in [2.45, 2.75) is 84.3 Å². The lowest BCUT2D eigenvalue weighted by atomic mass is 10.1. The summed E-state index contributed by atoms with van der Waals surface area (Å²) < 4.78 is 5.43. The molecule has 0 amide bonds. The van der Waals surface area contributed by atoms with E-state index in [-0.39, 0.29) is 12.2 Å². The van der Waals surface area contributed by atoms with Crippen molar-refractivity contribution < 1.29 is 9.53 Å². The van der Waals surface area contributed by atoms with Crippen LogP contribution in [0.2, 0.25) is 0 Å². The molecule has 0 aromatic rings. The molecule has 0 radical (unpaired) electrons. The molecule has 0 aliphatic heterocycles. The highest BCUT2D eigenvalue weighted by Gasteiger charge is 2.16. The topological polar surface area (TPSA) is 29.5 Å². The lowest BCUT2D eigenvalue weighted by Crippen LogP contribution is -2.33. The van der Waals surface area contributed by atoms with Crippen LogP contribution in [-0.4, -0.2) is 31.2 Å². The maximum Gasteiger partial charge on any atom is 0.334 e. The molecule has 0 aliphatic rings. The maximum absolute atomic E-state index is 11.6. The van der Waals surface area contributed by atoms with E-state index in [2.05, 4.69) is 13.5 Å². The summed E-state index contributed by atoms with van der Waals surface area (Å²) in [7, 11) is 3.90. The fourth-order valence-electron chi connectivity index (χ4n) is 2.28. The average molecular weight is 297 g/mol. The van der Waals surface area contributed by atoms with Crippen LogP contribution in [0.4, 0.5) is 0 Å². The Morgan fingerprint density at radius 2 is 1.48 bits per heavy atom. The number of hydrogen-bond acceptors (Lipinski definition) is 3. The predicted octanol–water partition coefficient (Wildman–Crippen LogP) is 4.91. The molecule has 0 spiro atoms. The Kier molecular flexibility index (Phi) is 12.4. The molecule has 0 saturated heterocycles. The molecule has 0 saturated carbocycles. The van der Waals surface area contributed by atoms with Crippen molar-refractivity contribution in [1.29, 1.82) is 0 Å². The van der Waals surface area contributed by atoms with E-state index in [1.807, 2.05) is 19.0 Å². The van der Waals surface area contributed by atoms with E-state index < -0.39 is 0 Å². The first-order valence-corrected chi connectivity index (χ1v) is 8.52. The van der Waals surface area contributed by atoms with Crippen molar-refractivity contribution in [3.8, 4) is 0 Å². The molecule has 0 rings (SSSR count). The van der Waals surface area contributed by atoms with Gasteiger partial charge in [0.05, 0.1) is 0 Å². The van der Waals surface area contributed by atoms with Crippen molar-refractivity contribution in [2.75, 3.05) is 14.1 Å². The summed E-state index contributed by atoms with van der Waals surface area (Å²) in [6.45, 7) is 7.57. The van der Waals surface area contributed by atoms with Gasteiger partial charge in [0, 0.05) is 5.57 Å². The number of carbonyl (C=O) groups excluding carboxylic acids is 1. The molecule has 1 atom stereocenters. The van der Waals surface area contributed by atoms with Gasteiger partial charge in [0.2, 0.25) is 0 Å². The second kappa shape index (κ2) is 12.9. The molecule has 3 nitrogen and oxygen atoms in total. The van der Waals surface area contributed by atoms with Crippen molar-refractivity contribution in [1.82, 2.24) is 4.90 Å². The van der Waals surface area contributed by atoms with Crippen LogP contribution in [0.1, 0.15) is 78.1 Å². The fourth-order valence-corrected chi connectivity index (χ4v) is 2.28. The van der Waals surface area contributed by atoms with Crippen molar-refractivity contribution >= 4 is 5.97 Å². The lowest BCUT2D eigenvalue weighted by Gasteiger charge is -2.24. The van der Waals surface area contributed by atoms with Gasteiger partial charge >= 0.3 is 5.97 Å². The standard InChI is InChI=1S/C18H35NO2/c1-6-7-8-9-10-11-12-13-14-15-17(19(4)5)21-18(20)16(2)3/h17H,2,6-15H2,1,3-5H3. The number of hydrogen-bond donors (Lipinski definition) is 0. The van der Waals surface area contributed by atoms with Crippen LogP contribution in [0.15, 0.2) is 12.2 Å². The van der Waals surface area contributed by atoms with E-state index in [9.17, 15) is 4.79 Å². The van der Waals surface area contributed by atoms with E-state index in [0.717, 1.165) is 12.8 Å². The van der Waals surface area contributed by atoms with Gasteiger partial charge < -0.3 is 4.74 Å². The van der Waals surface area contributed by atoms with Crippen LogP contribution in [0.25, 0.3) is 0 Å². The van der Waals surface area contributed by atoms with E-state index in [0.29, 0.717) is 5.57 Å². The van der Waals surface area contributed by atoms with Gasteiger partial charge in [0.15, 0.2) is 6.23 Å². The first-order valence-electron chi connectivity index (χ1n) is 8.52. The summed E-state index contributed by atoms with van der Waals surface area (Å²) in [4.78, 5) is 13.5. The molecule has 0 fully saturated rings. The highest BCUT2D eigenvalue weighted by molar-refractivity contribution is 5.87. The molecule has 0 bridgehead atoms. The van der Waals surface area contributed by atoms with Gasteiger partial charge in [-0.15, -0.1) is 0 Å². The summed E-state index contributed by atoms with van der Waals surface area (Å²) in [5, 5.41) is 0. The number of unbranched alkanes of at least 4 members (excludes halogenated alkanes) is 8.